The molecular formula is C17H28ClN. The van der Waals surface area contributed by atoms with Crippen LogP contribution in [0.4, 0.5) is 0 Å². The van der Waals surface area contributed by atoms with E-state index in [1.165, 1.54) is 5.56 Å². The first kappa shape index (κ1) is 16.5. The molecule has 0 amide bonds. The largest absolute Gasteiger partial charge is 0.312 e. The fraction of sp³-hybridized carbons (Fsp3) is 0.647. The van der Waals surface area contributed by atoms with Gasteiger partial charge in [-0.2, -0.15) is 0 Å². The molecular weight excluding hydrogens is 254 g/mol. The summed E-state index contributed by atoms with van der Waals surface area (Å²) in [4.78, 5) is 0. The minimum absolute atomic E-state index is 0.170. The van der Waals surface area contributed by atoms with E-state index in [1.54, 1.807) is 0 Å². The van der Waals surface area contributed by atoms with Crippen LogP contribution in [-0.2, 0) is 6.42 Å². The molecule has 0 radical (unpaired) electrons. The van der Waals surface area contributed by atoms with Crippen LogP contribution in [-0.4, -0.2) is 12.1 Å². The van der Waals surface area contributed by atoms with Crippen LogP contribution in [0.3, 0.4) is 0 Å². The summed E-state index contributed by atoms with van der Waals surface area (Å²) in [6.07, 6.45) is 1.09. The van der Waals surface area contributed by atoms with E-state index in [0.29, 0.717) is 5.92 Å². The van der Waals surface area contributed by atoms with Crippen LogP contribution in [0, 0.1) is 11.3 Å². The third-order valence-electron chi connectivity index (χ3n) is 3.50. The number of hydrogen-bond donors (Lipinski definition) is 1. The number of rotatable bonds is 4. The molecule has 1 N–H and O–H groups in total. The molecule has 0 bridgehead atoms. The maximum absolute atomic E-state index is 5.95. The molecule has 1 aromatic rings. The summed E-state index contributed by atoms with van der Waals surface area (Å²) in [7, 11) is 0. The molecule has 1 aromatic carbocycles. The molecule has 1 rings (SSSR count). The molecule has 0 aliphatic heterocycles. The fourth-order valence-electron chi connectivity index (χ4n) is 2.02. The Balaban J connectivity index is 2.73. The van der Waals surface area contributed by atoms with E-state index in [0.717, 1.165) is 18.0 Å². The number of nitrogens with one attached hydrogen (secondary N) is 1. The van der Waals surface area contributed by atoms with E-state index in [-0.39, 0.29) is 11.0 Å². The summed E-state index contributed by atoms with van der Waals surface area (Å²) in [5, 5.41) is 4.44. The molecule has 108 valence electrons. The van der Waals surface area contributed by atoms with E-state index in [4.69, 9.17) is 11.6 Å². The minimum atomic E-state index is 0.170. The van der Waals surface area contributed by atoms with Crippen LogP contribution in [0.25, 0.3) is 0 Å². The molecule has 1 unspecified atom stereocenters. The normalized spacial score (nSPS) is 14.5. The van der Waals surface area contributed by atoms with E-state index in [1.807, 2.05) is 12.1 Å². The van der Waals surface area contributed by atoms with Gasteiger partial charge >= 0.3 is 0 Å². The minimum Gasteiger partial charge on any atom is -0.312 e. The highest BCUT2D eigenvalue weighted by Gasteiger charge is 2.26. The van der Waals surface area contributed by atoms with Gasteiger partial charge in [-0.05, 0) is 62.8 Å². The molecule has 0 heterocycles. The first-order valence-corrected chi connectivity index (χ1v) is 7.45. The topological polar surface area (TPSA) is 12.0 Å². The number of hydrogen-bond acceptors (Lipinski definition) is 1. The van der Waals surface area contributed by atoms with Gasteiger partial charge in [0.15, 0.2) is 0 Å². The maximum Gasteiger partial charge on any atom is 0.0406 e. The summed E-state index contributed by atoms with van der Waals surface area (Å²) in [6, 6.07) is 8.23. The van der Waals surface area contributed by atoms with Gasteiger partial charge in [0.05, 0.1) is 0 Å². The Kier molecular flexibility index (Phi) is 5.46. The van der Waals surface area contributed by atoms with Crippen LogP contribution in [0.1, 0.15) is 47.1 Å². The highest BCUT2D eigenvalue weighted by atomic mass is 35.5. The Morgan fingerprint density at radius 3 is 1.95 bits per heavy atom. The molecule has 0 saturated carbocycles. The van der Waals surface area contributed by atoms with Crippen molar-refractivity contribution < 1.29 is 0 Å². The van der Waals surface area contributed by atoms with Gasteiger partial charge in [0, 0.05) is 10.6 Å². The Hall–Kier alpha value is -0.530. The van der Waals surface area contributed by atoms with E-state index in [2.05, 4.69) is 59.0 Å². The zero-order valence-corrected chi connectivity index (χ0v) is 13.9. The average molecular weight is 282 g/mol. The van der Waals surface area contributed by atoms with E-state index < -0.39 is 0 Å². The quantitative estimate of drug-likeness (QED) is 0.825. The van der Waals surface area contributed by atoms with Gasteiger partial charge in [-0.15, -0.1) is 0 Å². The molecule has 0 saturated heterocycles. The molecule has 0 aliphatic rings. The molecule has 0 spiro atoms. The van der Waals surface area contributed by atoms with Crippen molar-refractivity contribution in [1.82, 2.24) is 5.32 Å². The lowest BCUT2D eigenvalue weighted by Gasteiger charge is -2.34. The van der Waals surface area contributed by atoms with E-state index in [9.17, 15) is 0 Å². The monoisotopic (exact) mass is 281 g/mol. The van der Waals surface area contributed by atoms with Gasteiger partial charge in [-0.25, -0.2) is 0 Å². The average Bonchev–Trinajstić information content (AvgIpc) is 2.23. The van der Waals surface area contributed by atoms with Crippen molar-refractivity contribution in [3.63, 3.8) is 0 Å². The molecule has 1 atom stereocenters. The van der Waals surface area contributed by atoms with Crippen molar-refractivity contribution in [3.05, 3.63) is 34.9 Å². The second-order valence-corrected chi connectivity index (χ2v) is 7.96. The van der Waals surface area contributed by atoms with Crippen LogP contribution >= 0.6 is 11.6 Å². The first-order valence-electron chi connectivity index (χ1n) is 7.07. The summed E-state index contributed by atoms with van der Waals surface area (Å²) >= 11 is 5.95. The number of benzene rings is 1. The lowest BCUT2D eigenvalue weighted by Crippen LogP contribution is -2.42. The highest BCUT2D eigenvalue weighted by Crippen LogP contribution is 2.29. The van der Waals surface area contributed by atoms with Gasteiger partial charge in [0.1, 0.15) is 0 Å². The molecule has 0 fully saturated rings. The molecule has 1 nitrogen and oxygen atoms in total. The Morgan fingerprint density at radius 2 is 1.53 bits per heavy atom. The van der Waals surface area contributed by atoms with Crippen LogP contribution in [0.5, 0.6) is 0 Å². The van der Waals surface area contributed by atoms with Gasteiger partial charge in [0.25, 0.3) is 0 Å². The Bertz CT molecular complexity index is 381. The van der Waals surface area contributed by atoms with E-state index >= 15 is 0 Å². The Morgan fingerprint density at radius 1 is 1.00 bits per heavy atom. The van der Waals surface area contributed by atoms with Crippen molar-refractivity contribution in [2.45, 2.75) is 53.5 Å². The summed E-state index contributed by atoms with van der Waals surface area (Å²) in [5.41, 5.74) is 1.82. The van der Waals surface area contributed by atoms with Crippen LogP contribution in [0.2, 0.25) is 5.02 Å². The maximum atomic E-state index is 5.95. The zero-order valence-electron chi connectivity index (χ0n) is 13.2. The van der Waals surface area contributed by atoms with Gasteiger partial charge in [0.2, 0.25) is 0 Å². The first-order chi connectivity index (χ1) is 8.58. The second kappa shape index (κ2) is 6.28. The second-order valence-electron chi connectivity index (χ2n) is 7.52. The third kappa shape index (κ3) is 6.44. The summed E-state index contributed by atoms with van der Waals surface area (Å²) in [5.74, 6) is 0.605. The lowest BCUT2D eigenvalue weighted by atomic mass is 9.77. The zero-order chi connectivity index (χ0) is 14.7. The van der Waals surface area contributed by atoms with Crippen LogP contribution in [0.15, 0.2) is 24.3 Å². The standard InChI is InChI=1S/C17H28ClN/c1-16(2,3)14(12-19-17(4,5)6)11-13-7-9-15(18)10-8-13/h7-10,14,19H,11-12H2,1-6H3. The molecule has 2 heteroatoms. The van der Waals surface area contributed by atoms with Gasteiger partial charge < -0.3 is 5.32 Å². The summed E-state index contributed by atoms with van der Waals surface area (Å²) in [6.45, 7) is 14.6. The van der Waals surface area contributed by atoms with Crippen molar-refractivity contribution in [2.24, 2.45) is 11.3 Å². The third-order valence-corrected chi connectivity index (χ3v) is 3.75. The summed E-state index contributed by atoms with van der Waals surface area (Å²) < 4.78 is 0. The molecule has 0 aromatic heterocycles. The van der Waals surface area contributed by atoms with Crippen molar-refractivity contribution in [1.29, 1.82) is 0 Å². The fourth-order valence-corrected chi connectivity index (χ4v) is 2.14. The molecule has 0 aliphatic carbocycles. The van der Waals surface area contributed by atoms with Crippen molar-refractivity contribution in [2.75, 3.05) is 6.54 Å². The lowest BCUT2D eigenvalue weighted by molar-refractivity contribution is 0.214. The predicted molar refractivity (Wildman–Crippen MR) is 85.9 cm³/mol. The highest BCUT2D eigenvalue weighted by molar-refractivity contribution is 6.30. The van der Waals surface area contributed by atoms with Gasteiger partial charge in [-0.3, -0.25) is 0 Å². The Labute approximate surface area is 123 Å². The molecule has 19 heavy (non-hydrogen) atoms. The number of halogens is 1. The van der Waals surface area contributed by atoms with Gasteiger partial charge in [-0.1, -0.05) is 44.5 Å². The predicted octanol–water partition coefficient (Wildman–Crippen LogP) is 4.93. The van der Waals surface area contributed by atoms with Crippen molar-refractivity contribution >= 4 is 11.6 Å². The van der Waals surface area contributed by atoms with Crippen LogP contribution < -0.4 is 5.32 Å². The SMILES string of the molecule is CC(C)(C)NCC(Cc1ccc(Cl)cc1)C(C)(C)C. The van der Waals surface area contributed by atoms with Crippen molar-refractivity contribution in [3.8, 4) is 0 Å². The smallest absolute Gasteiger partial charge is 0.0406 e.